The fourth-order valence-corrected chi connectivity index (χ4v) is 2.51. The van der Waals surface area contributed by atoms with Crippen LogP contribution in [0.25, 0.3) is 16.6 Å². The molecule has 0 unspecified atom stereocenters. The van der Waals surface area contributed by atoms with E-state index in [2.05, 4.69) is 0 Å². The van der Waals surface area contributed by atoms with Crippen molar-refractivity contribution >= 4 is 34.2 Å². The first-order valence-corrected chi connectivity index (χ1v) is 7.88. The van der Waals surface area contributed by atoms with E-state index in [1.165, 1.54) is 4.57 Å². The Morgan fingerprint density at radius 2 is 1.75 bits per heavy atom. The maximum atomic E-state index is 12.6. The number of hydrogen-bond acceptors (Lipinski definition) is 4. The number of aromatic nitrogens is 2. The number of alkyl halides is 3. The lowest BCUT2D eigenvalue weighted by Gasteiger charge is -2.11. The topological polar surface area (TPSA) is 107 Å². The first kappa shape index (κ1) is 21.0. The van der Waals surface area contributed by atoms with Crippen molar-refractivity contribution in [2.24, 2.45) is 7.05 Å². The third-order valence-corrected chi connectivity index (χ3v) is 3.84. The maximum absolute atomic E-state index is 12.6. The highest BCUT2D eigenvalue weighted by molar-refractivity contribution is 6.30. The van der Waals surface area contributed by atoms with Crippen LogP contribution in [0.4, 0.5) is 18.9 Å². The van der Waals surface area contributed by atoms with Gasteiger partial charge in [0.05, 0.1) is 16.6 Å². The van der Waals surface area contributed by atoms with Crippen molar-refractivity contribution in [2.45, 2.75) is 6.18 Å². The average Bonchev–Trinajstić information content (AvgIpc) is 2.60. The molecule has 0 atom stereocenters. The average molecular weight is 416 g/mol. The van der Waals surface area contributed by atoms with Crippen molar-refractivity contribution in [3.8, 4) is 5.69 Å². The quantitative estimate of drug-likeness (QED) is 0.594. The van der Waals surface area contributed by atoms with Crippen LogP contribution in [0.15, 0.2) is 52.1 Å². The van der Waals surface area contributed by atoms with E-state index in [1.807, 2.05) is 0 Å². The molecule has 0 spiro atoms. The summed E-state index contributed by atoms with van der Waals surface area (Å²) in [6, 6.07) is 11.5. The number of hydrogen-bond donors (Lipinski definition) is 2. The third-order valence-electron chi connectivity index (χ3n) is 3.60. The molecule has 3 N–H and O–H groups in total. The molecular weight excluding hydrogens is 403 g/mol. The van der Waals surface area contributed by atoms with Gasteiger partial charge in [0, 0.05) is 17.8 Å². The van der Waals surface area contributed by atoms with Gasteiger partial charge in [0.2, 0.25) is 0 Å². The Morgan fingerprint density at radius 3 is 2.29 bits per heavy atom. The van der Waals surface area contributed by atoms with E-state index >= 15 is 0 Å². The maximum Gasteiger partial charge on any atom is 0.490 e. The van der Waals surface area contributed by atoms with E-state index in [-0.39, 0.29) is 0 Å². The summed E-state index contributed by atoms with van der Waals surface area (Å²) in [5, 5.41) is 7.96. The van der Waals surface area contributed by atoms with Gasteiger partial charge in [-0.3, -0.25) is 9.36 Å². The Bertz CT molecular complexity index is 1170. The number of carboxylic acid groups (broad SMARTS) is 1. The molecule has 0 saturated heterocycles. The summed E-state index contributed by atoms with van der Waals surface area (Å²) in [4.78, 5) is 34.0. The Kier molecular flexibility index (Phi) is 5.84. The molecule has 7 nitrogen and oxygen atoms in total. The smallest absolute Gasteiger partial charge is 0.475 e. The van der Waals surface area contributed by atoms with Crippen molar-refractivity contribution in [3.05, 3.63) is 68.3 Å². The highest BCUT2D eigenvalue weighted by Crippen LogP contribution is 2.15. The second kappa shape index (κ2) is 7.77. The summed E-state index contributed by atoms with van der Waals surface area (Å²) in [5.74, 6) is -2.76. The second-order valence-corrected chi connectivity index (χ2v) is 5.98. The molecule has 3 aromatic rings. The van der Waals surface area contributed by atoms with E-state index in [9.17, 15) is 22.8 Å². The molecule has 0 aliphatic carbocycles. The van der Waals surface area contributed by atoms with E-state index in [0.29, 0.717) is 27.3 Å². The first-order chi connectivity index (χ1) is 12.9. The minimum absolute atomic E-state index is 0.386. The Morgan fingerprint density at radius 1 is 1.14 bits per heavy atom. The Balaban J connectivity index is 0.000000345. The number of fused-ring (bicyclic) bond motifs is 1. The normalized spacial score (nSPS) is 11.0. The van der Waals surface area contributed by atoms with Crippen LogP contribution < -0.4 is 17.0 Å². The number of anilines is 1. The van der Waals surface area contributed by atoms with Crippen molar-refractivity contribution in [1.82, 2.24) is 9.13 Å². The Labute approximate surface area is 160 Å². The molecule has 1 aromatic heterocycles. The standard InChI is InChI=1S/C15H12ClN3O2.C2HF3O2/c1-18-13-6-5-10(17)8-12(13)14(20)19(15(18)21)11-4-2-3-9(16)7-11;3-2(4,5)1(6)7/h2-8H,17H2,1H3;(H,6,7). The molecule has 0 radical (unpaired) electrons. The van der Waals surface area contributed by atoms with Crippen molar-refractivity contribution in [3.63, 3.8) is 0 Å². The van der Waals surface area contributed by atoms with Crippen LogP contribution in [-0.4, -0.2) is 26.4 Å². The lowest BCUT2D eigenvalue weighted by atomic mass is 10.2. The van der Waals surface area contributed by atoms with Crippen molar-refractivity contribution < 1.29 is 23.1 Å². The number of carbonyl (C=O) groups is 1. The number of aliphatic carboxylic acids is 1. The van der Waals surface area contributed by atoms with Gasteiger partial charge >= 0.3 is 17.8 Å². The van der Waals surface area contributed by atoms with E-state index in [4.69, 9.17) is 27.2 Å². The van der Waals surface area contributed by atoms with Gasteiger partial charge in [-0.25, -0.2) is 14.2 Å². The van der Waals surface area contributed by atoms with Gasteiger partial charge in [0.25, 0.3) is 5.56 Å². The number of nitrogens with two attached hydrogens (primary N) is 1. The van der Waals surface area contributed by atoms with Crippen LogP contribution in [0.3, 0.4) is 0 Å². The third kappa shape index (κ3) is 4.34. The fourth-order valence-electron chi connectivity index (χ4n) is 2.32. The zero-order chi connectivity index (χ0) is 21.2. The number of rotatable bonds is 1. The zero-order valence-electron chi connectivity index (χ0n) is 14.2. The summed E-state index contributed by atoms with van der Waals surface area (Å²) in [6.45, 7) is 0. The van der Waals surface area contributed by atoms with Gasteiger partial charge in [-0.05, 0) is 36.4 Å². The van der Waals surface area contributed by atoms with Gasteiger partial charge in [0.1, 0.15) is 0 Å². The number of nitrogen functional groups attached to an aromatic ring is 1. The van der Waals surface area contributed by atoms with Crippen LogP contribution in [0.5, 0.6) is 0 Å². The summed E-state index contributed by atoms with van der Waals surface area (Å²) < 4.78 is 34.2. The number of benzene rings is 2. The zero-order valence-corrected chi connectivity index (χ0v) is 15.0. The van der Waals surface area contributed by atoms with Crippen molar-refractivity contribution in [2.75, 3.05) is 5.73 Å². The fraction of sp³-hybridized carbons (Fsp3) is 0.118. The summed E-state index contributed by atoms with van der Waals surface area (Å²) in [6.07, 6.45) is -5.08. The number of carboxylic acids is 1. The predicted molar refractivity (Wildman–Crippen MR) is 97.9 cm³/mol. The summed E-state index contributed by atoms with van der Waals surface area (Å²) in [5.41, 5.74) is 6.33. The van der Waals surface area contributed by atoms with Crippen LogP contribution in [-0.2, 0) is 11.8 Å². The molecule has 28 heavy (non-hydrogen) atoms. The number of halogens is 4. The predicted octanol–water partition coefficient (Wildman–Crippen LogP) is 2.56. The summed E-state index contributed by atoms with van der Waals surface area (Å²) >= 11 is 5.94. The minimum atomic E-state index is -5.08. The SMILES string of the molecule is Cn1c(=O)n(-c2cccc(Cl)c2)c(=O)c2cc(N)ccc21.O=C(O)C(F)(F)F. The molecule has 1 heterocycles. The van der Waals surface area contributed by atoms with Gasteiger partial charge in [0.15, 0.2) is 0 Å². The molecule has 0 amide bonds. The first-order valence-electron chi connectivity index (χ1n) is 7.51. The van der Waals surface area contributed by atoms with Crippen molar-refractivity contribution in [1.29, 1.82) is 0 Å². The molecule has 0 aliphatic heterocycles. The molecule has 0 bridgehead atoms. The summed E-state index contributed by atoms with van der Waals surface area (Å²) in [7, 11) is 1.61. The van der Waals surface area contributed by atoms with Gasteiger partial charge in [-0.2, -0.15) is 13.2 Å². The van der Waals surface area contributed by atoms with E-state index in [1.54, 1.807) is 49.5 Å². The Hall–Kier alpha value is -3.27. The van der Waals surface area contributed by atoms with E-state index < -0.39 is 23.4 Å². The molecule has 148 valence electrons. The molecule has 0 fully saturated rings. The monoisotopic (exact) mass is 415 g/mol. The molecular formula is C17H13ClF3N3O4. The molecule has 0 saturated carbocycles. The molecule has 0 aliphatic rings. The lowest BCUT2D eigenvalue weighted by Crippen LogP contribution is -2.37. The minimum Gasteiger partial charge on any atom is -0.475 e. The van der Waals surface area contributed by atoms with Crippen LogP contribution in [0.2, 0.25) is 5.02 Å². The largest absolute Gasteiger partial charge is 0.490 e. The lowest BCUT2D eigenvalue weighted by molar-refractivity contribution is -0.192. The van der Waals surface area contributed by atoms with E-state index in [0.717, 1.165) is 4.57 Å². The van der Waals surface area contributed by atoms with Gasteiger partial charge < -0.3 is 10.8 Å². The molecule has 11 heteroatoms. The molecule has 2 aromatic carbocycles. The van der Waals surface area contributed by atoms with Gasteiger partial charge in [-0.1, -0.05) is 17.7 Å². The van der Waals surface area contributed by atoms with Crippen LogP contribution in [0, 0.1) is 0 Å². The highest BCUT2D eigenvalue weighted by atomic mass is 35.5. The van der Waals surface area contributed by atoms with Crippen LogP contribution >= 0.6 is 11.6 Å². The second-order valence-electron chi connectivity index (χ2n) is 5.54. The molecule has 3 rings (SSSR count). The van der Waals surface area contributed by atoms with Crippen LogP contribution in [0.1, 0.15) is 0 Å². The number of aryl methyl sites for hydroxylation is 1. The highest BCUT2D eigenvalue weighted by Gasteiger charge is 2.38. The van der Waals surface area contributed by atoms with Gasteiger partial charge in [-0.15, -0.1) is 0 Å². The number of nitrogens with zero attached hydrogens (tertiary/aromatic N) is 2.